The standard InChI is InChI=1S/C10H19N3O4/c1-3-10(2,8(11)12-17)9(16)13-4-6(14)7(15)5-13/h6-7,14-15,17H,3-5H2,1-2H3,(H2,11,12). The lowest BCUT2D eigenvalue weighted by Gasteiger charge is -2.30. The highest BCUT2D eigenvalue weighted by Gasteiger charge is 2.43. The molecule has 0 bridgehead atoms. The third-order valence-corrected chi connectivity index (χ3v) is 3.40. The normalized spacial score (nSPS) is 29.2. The summed E-state index contributed by atoms with van der Waals surface area (Å²) in [4.78, 5) is 13.6. The van der Waals surface area contributed by atoms with Gasteiger partial charge in [-0.3, -0.25) is 4.79 Å². The van der Waals surface area contributed by atoms with E-state index in [1.807, 2.05) is 0 Å². The number of oxime groups is 1. The fourth-order valence-electron chi connectivity index (χ4n) is 1.84. The Hall–Kier alpha value is -1.34. The quantitative estimate of drug-likeness (QED) is 0.213. The number of nitrogens with two attached hydrogens (primary N) is 1. The smallest absolute Gasteiger partial charge is 0.236 e. The number of amidine groups is 1. The van der Waals surface area contributed by atoms with Crippen molar-refractivity contribution in [1.29, 1.82) is 0 Å². The predicted molar refractivity (Wildman–Crippen MR) is 60.4 cm³/mol. The molecule has 1 aliphatic heterocycles. The van der Waals surface area contributed by atoms with Gasteiger partial charge in [-0.2, -0.15) is 0 Å². The van der Waals surface area contributed by atoms with Crippen LogP contribution in [0.2, 0.25) is 0 Å². The molecule has 0 aromatic carbocycles. The van der Waals surface area contributed by atoms with Crippen LogP contribution >= 0.6 is 0 Å². The van der Waals surface area contributed by atoms with Gasteiger partial charge in [-0.15, -0.1) is 0 Å². The van der Waals surface area contributed by atoms with Crippen LogP contribution in [0, 0.1) is 5.41 Å². The van der Waals surface area contributed by atoms with Crippen LogP contribution < -0.4 is 5.73 Å². The zero-order valence-corrected chi connectivity index (χ0v) is 10.00. The Morgan fingerprint density at radius 1 is 1.47 bits per heavy atom. The third-order valence-electron chi connectivity index (χ3n) is 3.40. The van der Waals surface area contributed by atoms with Gasteiger partial charge in [0, 0.05) is 13.1 Å². The molecule has 0 aromatic rings. The molecule has 0 saturated carbocycles. The van der Waals surface area contributed by atoms with Gasteiger partial charge in [0.15, 0.2) is 5.84 Å². The summed E-state index contributed by atoms with van der Waals surface area (Å²) in [7, 11) is 0. The van der Waals surface area contributed by atoms with E-state index in [2.05, 4.69) is 5.16 Å². The first-order valence-corrected chi connectivity index (χ1v) is 5.50. The summed E-state index contributed by atoms with van der Waals surface area (Å²) >= 11 is 0. The first-order valence-electron chi connectivity index (χ1n) is 5.50. The van der Waals surface area contributed by atoms with Crippen LogP contribution in [0.4, 0.5) is 0 Å². The minimum Gasteiger partial charge on any atom is -0.409 e. The topological polar surface area (TPSA) is 119 Å². The Labute approximate surface area is 99.5 Å². The van der Waals surface area contributed by atoms with Crippen LogP contribution in [0.3, 0.4) is 0 Å². The lowest BCUT2D eigenvalue weighted by Crippen LogP contribution is -2.49. The van der Waals surface area contributed by atoms with Crippen LogP contribution in [0.1, 0.15) is 20.3 Å². The number of likely N-dealkylation sites (tertiary alicyclic amines) is 1. The number of hydrogen-bond acceptors (Lipinski definition) is 5. The third kappa shape index (κ3) is 2.34. The van der Waals surface area contributed by atoms with Crippen LogP contribution in [-0.2, 0) is 4.79 Å². The van der Waals surface area contributed by atoms with Gasteiger partial charge >= 0.3 is 0 Å². The van der Waals surface area contributed by atoms with E-state index in [0.717, 1.165) is 0 Å². The molecule has 7 heteroatoms. The second kappa shape index (κ2) is 4.89. The molecular weight excluding hydrogens is 226 g/mol. The first kappa shape index (κ1) is 13.7. The first-order chi connectivity index (χ1) is 7.86. The van der Waals surface area contributed by atoms with Crippen molar-refractivity contribution in [3.8, 4) is 0 Å². The summed E-state index contributed by atoms with van der Waals surface area (Å²) in [6.45, 7) is 3.45. The van der Waals surface area contributed by atoms with Gasteiger partial charge in [-0.25, -0.2) is 0 Å². The van der Waals surface area contributed by atoms with Crippen molar-refractivity contribution in [3.63, 3.8) is 0 Å². The lowest BCUT2D eigenvalue weighted by molar-refractivity contribution is -0.137. The van der Waals surface area contributed by atoms with Crippen LogP contribution in [0.25, 0.3) is 0 Å². The van der Waals surface area contributed by atoms with Gasteiger partial charge < -0.3 is 26.1 Å². The number of aliphatic hydroxyl groups is 2. The van der Waals surface area contributed by atoms with Crippen LogP contribution in [0.5, 0.6) is 0 Å². The van der Waals surface area contributed by atoms with E-state index in [1.165, 1.54) is 4.90 Å². The average molecular weight is 245 g/mol. The Bertz CT molecular complexity index is 324. The van der Waals surface area contributed by atoms with Gasteiger partial charge in [0.1, 0.15) is 5.41 Å². The van der Waals surface area contributed by atoms with Crippen molar-refractivity contribution in [2.75, 3.05) is 13.1 Å². The highest BCUT2D eigenvalue weighted by molar-refractivity contribution is 6.06. The lowest BCUT2D eigenvalue weighted by atomic mass is 9.84. The van der Waals surface area contributed by atoms with E-state index in [0.29, 0.717) is 6.42 Å². The number of rotatable bonds is 3. The molecule has 3 atom stereocenters. The number of amides is 1. The van der Waals surface area contributed by atoms with E-state index in [-0.39, 0.29) is 24.8 Å². The largest absolute Gasteiger partial charge is 0.409 e. The van der Waals surface area contributed by atoms with Gasteiger partial charge in [0.2, 0.25) is 5.91 Å². The number of hydrogen-bond donors (Lipinski definition) is 4. The summed E-state index contributed by atoms with van der Waals surface area (Å²) < 4.78 is 0. The molecule has 98 valence electrons. The molecule has 1 heterocycles. The highest BCUT2D eigenvalue weighted by Crippen LogP contribution is 2.26. The maximum atomic E-state index is 12.2. The maximum Gasteiger partial charge on any atom is 0.236 e. The molecule has 17 heavy (non-hydrogen) atoms. The fourth-order valence-corrected chi connectivity index (χ4v) is 1.84. The number of carbonyl (C=O) groups is 1. The number of β-amino-alcohol motifs (C(OH)–C–C–N with tert-alkyl or cyclic N) is 2. The van der Waals surface area contributed by atoms with Crippen molar-refractivity contribution in [1.82, 2.24) is 4.90 Å². The SMILES string of the molecule is CCC(C)(C(=O)N1CC(O)C(O)C1)C(N)=NO. The average Bonchev–Trinajstić information content (AvgIpc) is 2.66. The Balaban J connectivity index is 2.88. The number of nitrogens with zero attached hydrogens (tertiary/aromatic N) is 2. The monoisotopic (exact) mass is 245 g/mol. The molecule has 1 fully saturated rings. The summed E-state index contributed by atoms with van der Waals surface area (Å²) in [5.41, 5.74) is 4.41. The van der Waals surface area contributed by atoms with Gasteiger partial charge in [0.25, 0.3) is 0 Å². The van der Waals surface area contributed by atoms with Crippen molar-refractivity contribution in [3.05, 3.63) is 0 Å². The molecule has 1 saturated heterocycles. The van der Waals surface area contributed by atoms with Gasteiger partial charge in [-0.05, 0) is 13.3 Å². The minimum atomic E-state index is -1.11. The van der Waals surface area contributed by atoms with E-state index < -0.39 is 17.6 Å². The molecule has 0 aromatic heterocycles. The number of aliphatic hydroxyl groups excluding tert-OH is 2. The summed E-state index contributed by atoms with van der Waals surface area (Å²) in [5.74, 6) is -0.522. The summed E-state index contributed by atoms with van der Waals surface area (Å²) in [5, 5.41) is 30.4. The molecule has 1 aliphatic rings. The summed E-state index contributed by atoms with van der Waals surface area (Å²) in [6.07, 6.45) is -1.51. The number of carbonyl (C=O) groups excluding carboxylic acids is 1. The molecule has 0 radical (unpaired) electrons. The van der Waals surface area contributed by atoms with Crippen LogP contribution in [0.15, 0.2) is 5.16 Å². The molecule has 3 unspecified atom stereocenters. The Morgan fingerprint density at radius 3 is 2.29 bits per heavy atom. The zero-order valence-electron chi connectivity index (χ0n) is 10.00. The van der Waals surface area contributed by atoms with Crippen molar-refractivity contribution >= 4 is 11.7 Å². The highest BCUT2D eigenvalue weighted by atomic mass is 16.4. The second-order valence-corrected chi connectivity index (χ2v) is 4.52. The molecule has 1 rings (SSSR count). The van der Waals surface area contributed by atoms with Crippen molar-refractivity contribution in [2.24, 2.45) is 16.3 Å². The van der Waals surface area contributed by atoms with Crippen molar-refractivity contribution < 1.29 is 20.2 Å². The predicted octanol–water partition coefficient (Wildman–Crippen LogP) is -1.29. The Kier molecular flexibility index (Phi) is 3.94. The minimum absolute atomic E-state index is 0.0638. The molecule has 0 aliphatic carbocycles. The van der Waals surface area contributed by atoms with E-state index >= 15 is 0 Å². The van der Waals surface area contributed by atoms with Gasteiger partial charge in [-0.1, -0.05) is 12.1 Å². The van der Waals surface area contributed by atoms with E-state index in [9.17, 15) is 15.0 Å². The van der Waals surface area contributed by atoms with E-state index in [4.69, 9.17) is 10.9 Å². The summed E-state index contributed by atoms with van der Waals surface area (Å²) in [6, 6.07) is 0. The van der Waals surface area contributed by atoms with Crippen LogP contribution in [-0.4, -0.2) is 57.4 Å². The van der Waals surface area contributed by atoms with Crippen molar-refractivity contribution in [2.45, 2.75) is 32.5 Å². The maximum absolute atomic E-state index is 12.2. The zero-order chi connectivity index (χ0) is 13.2. The fraction of sp³-hybridized carbons (Fsp3) is 0.800. The second-order valence-electron chi connectivity index (χ2n) is 4.52. The van der Waals surface area contributed by atoms with Gasteiger partial charge in [0.05, 0.1) is 12.2 Å². The molecule has 7 nitrogen and oxygen atoms in total. The molecule has 1 amide bonds. The molecule has 5 N–H and O–H groups in total. The van der Waals surface area contributed by atoms with E-state index in [1.54, 1.807) is 13.8 Å². The molecular formula is C10H19N3O4. The Morgan fingerprint density at radius 2 is 1.94 bits per heavy atom. The molecule has 0 spiro atoms.